The summed E-state index contributed by atoms with van der Waals surface area (Å²) in [5.74, 6) is 0.404. The number of carbonyl (C=O) groups is 2. The Morgan fingerprint density at radius 3 is 2.77 bits per heavy atom. The van der Waals surface area contributed by atoms with Crippen LogP contribution in [-0.2, 0) is 16.1 Å². The summed E-state index contributed by atoms with van der Waals surface area (Å²) in [6.45, 7) is 1.80. The van der Waals surface area contributed by atoms with Crippen LogP contribution in [0.3, 0.4) is 0 Å². The first-order valence-electron chi connectivity index (χ1n) is 8.59. The Morgan fingerprint density at radius 1 is 1.19 bits per heavy atom. The molecule has 0 spiro atoms. The zero-order chi connectivity index (χ0) is 18.4. The van der Waals surface area contributed by atoms with Crippen molar-refractivity contribution in [1.82, 2.24) is 10.2 Å². The van der Waals surface area contributed by atoms with Crippen molar-refractivity contribution in [1.29, 1.82) is 0 Å². The number of nitrogens with one attached hydrogen (secondary N) is 1. The number of amides is 2. The number of likely N-dealkylation sites (tertiary alicyclic amines) is 1. The molecule has 1 aliphatic rings. The summed E-state index contributed by atoms with van der Waals surface area (Å²) in [5.41, 5.74) is 1.05. The fraction of sp³-hybridized carbons (Fsp3) is 0.300. The third kappa shape index (κ3) is 5.08. The fourth-order valence-corrected chi connectivity index (χ4v) is 3.41. The average molecular weight is 417 g/mol. The molecule has 1 aliphatic heterocycles. The maximum atomic E-state index is 12.3. The highest BCUT2D eigenvalue weighted by atomic mass is 79.9. The second kappa shape index (κ2) is 8.85. The van der Waals surface area contributed by atoms with Gasteiger partial charge in [-0.1, -0.05) is 46.3 Å². The fourth-order valence-electron chi connectivity index (χ4n) is 2.96. The van der Waals surface area contributed by atoms with Gasteiger partial charge in [0.2, 0.25) is 11.8 Å². The van der Waals surface area contributed by atoms with Gasteiger partial charge in [0, 0.05) is 24.0 Å². The van der Waals surface area contributed by atoms with Crippen molar-refractivity contribution in [2.75, 3.05) is 19.7 Å². The van der Waals surface area contributed by atoms with Gasteiger partial charge in [0.15, 0.2) is 0 Å². The van der Waals surface area contributed by atoms with E-state index in [0.717, 1.165) is 15.8 Å². The van der Waals surface area contributed by atoms with Crippen molar-refractivity contribution < 1.29 is 14.3 Å². The molecule has 2 aromatic rings. The lowest BCUT2D eigenvalue weighted by Crippen LogP contribution is -2.35. The molecule has 1 atom stereocenters. The van der Waals surface area contributed by atoms with Crippen molar-refractivity contribution in [3.05, 3.63) is 64.6 Å². The number of nitrogens with zero attached hydrogens (tertiary/aromatic N) is 1. The summed E-state index contributed by atoms with van der Waals surface area (Å²) >= 11 is 3.43. The number of ether oxygens (including phenoxy) is 1. The van der Waals surface area contributed by atoms with Crippen molar-refractivity contribution in [3.63, 3.8) is 0 Å². The quantitative estimate of drug-likeness (QED) is 0.705. The number of halogens is 1. The van der Waals surface area contributed by atoms with Crippen LogP contribution in [0.5, 0.6) is 5.75 Å². The molecule has 2 amide bonds. The predicted molar refractivity (Wildman–Crippen MR) is 103 cm³/mol. The van der Waals surface area contributed by atoms with Gasteiger partial charge in [-0.3, -0.25) is 9.59 Å². The lowest BCUT2D eigenvalue weighted by Gasteiger charge is -2.17. The Hall–Kier alpha value is -2.34. The molecule has 1 heterocycles. The van der Waals surface area contributed by atoms with Crippen LogP contribution in [0.15, 0.2) is 59.1 Å². The van der Waals surface area contributed by atoms with Crippen LogP contribution in [0.4, 0.5) is 0 Å². The van der Waals surface area contributed by atoms with Crippen molar-refractivity contribution in [2.45, 2.75) is 13.0 Å². The Labute approximate surface area is 161 Å². The second-order valence-corrected chi connectivity index (χ2v) is 7.17. The molecule has 26 heavy (non-hydrogen) atoms. The van der Waals surface area contributed by atoms with Gasteiger partial charge < -0.3 is 15.0 Å². The second-order valence-electron chi connectivity index (χ2n) is 6.26. The van der Waals surface area contributed by atoms with Gasteiger partial charge in [0.05, 0.1) is 12.5 Å². The predicted octanol–water partition coefficient (Wildman–Crippen LogP) is 2.99. The number of para-hydroxylation sites is 1. The standard InChI is InChI=1S/C20H21BrN2O3/c21-17-6-4-5-15(11-17)13-23-14-16(12-19(23)24)20(25)22-9-10-26-18-7-2-1-3-8-18/h1-8,11,16H,9-10,12-14H2,(H,22,25)/t16-/m0/s1. The van der Waals surface area contributed by atoms with Crippen LogP contribution in [0.1, 0.15) is 12.0 Å². The number of carbonyl (C=O) groups excluding carboxylic acids is 2. The number of hydrogen-bond acceptors (Lipinski definition) is 3. The van der Waals surface area contributed by atoms with Gasteiger partial charge in [0.25, 0.3) is 0 Å². The maximum Gasteiger partial charge on any atom is 0.225 e. The SMILES string of the molecule is O=C(NCCOc1ccccc1)[C@H]1CC(=O)N(Cc2cccc(Br)c2)C1. The minimum absolute atomic E-state index is 0.0191. The third-order valence-corrected chi connectivity index (χ3v) is 4.75. The van der Waals surface area contributed by atoms with E-state index in [2.05, 4.69) is 21.2 Å². The van der Waals surface area contributed by atoms with E-state index in [-0.39, 0.29) is 24.2 Å². The first-order chi connectivity index (χ1) is 12.6. The summed E-state index contributed by atoms with van der Waals surface area (Å²) in [6, 6.07) is 17.3. The maximum absolute atomic E-state index is 12.3. The van der Waals surface area contributed by atoms with E-state index in [0.29, 0.717) is 26.2 Å². The topological polar surface area (TPSA) is 58.6 Å². The van der Waals surface area contributed by atoms with Crippen LogP contribution in [0.2, 0.25) is 0 Å². The first-order valence-corrected chi connectivity index (χ1v) is 9.39. The Kier molecular flexibility index (Phi) is 6.28. The molecule has 1 saturated heterocycles. The van der Waals surface area contributed by atoms with Crippen LogP contribution in [-0.4, -0.2) is 36.4 Å². The van der Waals surface area contributed by atoms with Crippen LogP contribution in [0.25, 0.3) is 0 Å². The molecule has 0 aromatic heterocycles. The zero-order valence-electron chi connectivity index (χ0n) is 14.4. The molecule has 136 valence electrons. The molecule has 0 radical (unpaired) electrons. The normalized spacial score (nSPS) is 16.6. The van der Waals surface area contributed by atoms with Crippen molar-refractivity contribution in [3.8, 4) is 5.75 Å². The van der Waals surface area contributed by atoms with Crippen LogP contribution >= 0.6 is 15.9 Å². The summed E-state index contributed by atoms with van der Waals surface area (Å²) in [5, 5.41) is 2.86. The van der Waals surface area contributed by atoms with Gasteiger partial charge in [-0.25, -0.2) is 0 Å². The molecule has 1 N–H and O–H groups in total. The van der Waals surface area contributed by atoms with Crippen LogP contribution in [0, 0.1) is 5.92 Å². The molecule has 0 unspecified atom stereocenters. The number of hydrogen-bond donors (Lipinski definition) is 1. The summed E-state index contributed by atoms with van der Waals surface area (Å²) in [4.78, 5) is 26.2. The molecule has 3 rings (SSSR count). The number of rotatable bonds is 7. The van der Waals surface area contributed by atoms with E-state index >= 15 is 0 Å². The van der Waals surface area contributed by atoms with Gasteiger partial charge >= 0.3 is 0 Å². The molecular formula is C20H21BrN2O3. The molecular weight excluding hydrogens is 396 g/mol. The summed E-state index contributed by atoms with van der Waals surface area (Å²) < 4.78 is 6.54. The van der Waals surface area contributed by atoms with E-state index in [9.17, 15) is 9.59 Å². The summed E-state index contributed by atoms with van der Waals surface area (Å²) in [6.07, 6.45) is 0.263. The number of benzene rings is 2. The zero-order valence-corrected chi connectivity index (χ0v) is 15.9. The van der Waals surface area contributed by atoms with Crippen molar-refractivity contribution >= 4 is 27.7 Å². The minimum Gasteiger partial charge on any atom is -0.492 e. The van der Waals surface area contributed by atoms with Gasteiger partial charge in [0.1, 0.15) is 12.4 Å². The van der Waals surface area contributed by atoms with E-state index in [1.807, 2.05) is 54.6 Å². The van der Waals surface area contributed by atoms with Gasteiger partial charge in [-0.05, 0) is 29.8 Å². The Bertz CT molecular complexity index is 767. The molecule has 0 aliphatic carbocycles. The van der Waals surface area contributed by atoms with E-state index < -0.39 is 0 Å². The molecule has 2 aromatic carbocycles. The smallest absolute Gasteiger partial charge is 0.225 e. The highest BCUT2D eigenvalue weighted by molar-refractivity contribution is 9.10. The molecule has 1 fully saturated rings. The van der Waals surface area contributed by atoms with Gasteiger partial charge in [-0.2, -0.15) is 0 Å². The van der Waals surface area contributed by atoms with Crippen LogP contribution < -0.4 is 10.1 Å². The highest BCUT2D eigenvalue weighted by Crippen LogP contribution is 2.21. The Balaban J connectivity index is 1.43. The lowest BCUT2D eigenvalue weighted by atomic mass is 10.1. The third-order valence-electron chi connectivity index (χ3n) is 4.26. The van der Waals surface area contributed by atoms with E-state index in [1.165, 1.54) is 0 Å². The highest BCUT2D eigenvalue weighted by Gasteiger charge is 2.34. The molecule has 0 bridgehead atoms. The van der Waals surface area contributed by atoms with E-state index in [1.54, 1.807) is 4.90 Å². The first kappa shape index (κ1) is 18.5. The average Bonchev–Trinajstić information content (AvgIpc) is 3.00. The molecule has 5 nitrogen and oxygen atoms in total. The van der Waals surface area contributed by atoms with Gasteiger partial charge in [-0.15, -0.1) is 0 Å². The summed E-state index contributed by atoms with van der Waals surface area (Å²) in [7, 11) is 0. The lowest BCUT2D eigenvalue weighted by molar-refractivity contribution is -0.129. The minimum atomic E-state index is -0.300. The monoisotopic (exact) mass is 416 g/mol. The molecule has 0 saturated carbocycles. The van der Waals surface area contributed by atoms with E-state index in [4.69, 9.17) is 4.74 Å². The van der Waals surface area contributed by atoms with Crippen molar-refractivity contribution in [2.24, 2.45) is 5.92 Å². The Morgan fingerprint density at radius 2 is 2.00 bits per heavy atom. The largest absolute Gasteiger partial charge is 0.492 e. The molecule has 6 heteroatoms.